The summed E-state index contributed by atoms with van der Waals surface area (Å²) in [6.45, 7) is 6.59. The highest BCUT2D eigenvalue weighted by atomic mass is 16.4. The number of amides is 1. The fraction of sp³-hybridized carbons (Fsp3) is 0.692. The van der Waals surface area contributed by atoms with E-state index in [1.807, 2.05) is 12.1 Å². The van der Waals surface area contributed by atoms with Crippen molar-refractivity contribution in [2.75, 3.05) is 0 Å². The maximum Gasteiger partial charge on any atom is 0.326 e. The molecular weight excluding hydrogens is 374 g/mol. The highest BCUT2D eigenvalue weighted by Crippen LogP contribution is 2.44. The van der Waals surface area contributed by atoms with Crippen molar-refractivity contribution in [1.82, 2.24) is 5.32 Å². The largest absolute Gasteiger partial charge is 0.480 e. The van der Waals surface area contributed by atoms with E-state index in [1.54, 1.807) is 0 Å². The molecule has 3 rings (SSSR count). The SMILES string of the molecule is CC(C)(C)CCC1(C(=O)N[C@@H](Cc2ccc(C3CCCC3)cc2)C(=O)O)CCCC1. The number of carbonyl (C=O) groups excluding carboxylic acids is 1. The molecule has 0 aliphatic heterocycles. The monoisotopic (exact) mass is 413 g/mol. The average Bonchev–Trinajstić information content (AvgIpc) is 3.38. The van der Waals surface area contributed by atoms with Crippen molar-refractivity contribution in [1.29, 1.82) is 0 Å². The molecule has 2 aliphatic rings. The van der Waals surface area contributed by atoms with E-state index in [4.69, 9.17) is 0 Å². The van der Waals surface area contributed by atoms with Gasteiger partial charge >= 0.3 is 5.97 Å². The van der Waals surface area contributed by atoms with Crippen molar-refractivity contribution in [3.8, 4) is 0 Å². The van der Waals surface area contributed by atoms with Crippen molar-refractivity contribution < 1.29 is 14.7 Å². The van der Waals surface area contributed by atoms with E-state index in [1.165, 1.54) is 31.2 Å². The first-order valence-electron chi connectivity index (χ1n) is 11.8. The second-order valence-electron chi connectivity index (χ2n) is 10.8. The standard InChI is InChI=1S/C26H39NO3/c1-25(2,3)16-17-26(14-6-7-15-26)24(30)27-22(23(28)29)18-19-10-12-21(13-11-19)20-8-4-5-9-20/h10-13,20,22H,4-9,14-18H2,1-3H3,(H,27,30)(H,28,29)/t22-/m0/s1. The minimum atomic E-state index is -0.952. The predicted molar refractivity (Wildman–Crippen MR) is 121 cm³/mol. The minimum absolute atomic E-state index is 0.0563. The second-order valence-corrected chi connectivity index (χ2v) is 10.8. The molecular formula is C26H39NO3. The minimum Gasteiger partial charge on any atom is -0.480 e. The molecule has 1 atom stereocenters. The quantitative estimate of drug-likeness (QED) is 0.562. The van der Waals surface area contributed by atoms with Crippen LogP contribution in [0.15, 0.2) is 24.3 Å². The Bertz CT molecular complexity index is 720. The summed E-state index contributed by atoms with van der Waals surface area (Å²) in [5, 5.41) is 12.7. The Labute approximate surface area is 181 Å². The Kier molecular flexibility index (Phi) is 7.26. The van der Waals surface area contributed by atoms with Crippen LogP contribution in [-0.4, -0.2) is 23.0 Å². The van der Waals surface area contributed by atoms with E-state index < -0.39 is 17.4 Å². The average molecular weight is 414 g/mol. The van der Waals surface area contributed by atoms with Crippen molar-refractivity contribution in [3.63, 3.8) is 0 Å². The molecule has 2 fully saturated rings. The van der Waals surface area contributed by atoms with Gasteiger partial charge in [-0.25, -0.2) is 4.79 Å². The molecule has 166 valence electrons. The number of hydrogen-bond acceptors (Lipinski definition) is 2. The molecule has 1 amide bonds. The van der Waals surface area contributed by atoms with Gasteiger partial charge in [0.15, 0.2) is 0 Å². The highest BCUT2D eigenvalue weighted by Gasteiger charge is 2.42. The molecule has 4 heteroatoms. The van der Waals surface area contributed by atoms with Crippen LogP contribution in [-0.2, 0) is 16.0 Å². The number of nitrogens with one attached hydrogen (secondary N) is 1. The zero-order chi connectivity index (χ0) is 21.8. The second kappa shape index (κ2) is 9.53. The summed E-state index contributed by atoms with van der Waals surface area (Å²) in [5.41, 5.74) is 2.11. The molecule has 2 aliphatic carbocycles. The Morgan fingerprint density at radius 1 is 1.07 bits per heavy atom. The van der Waals surface area contributed by atoms with Gasteiger partial charge in [0, 0.05) is 11.8 Å². The number of aliphatic carboxylic acids is 1. The molecule has 0 radical (unpaired) electrons. The zero-order valence-corrected chi connectivity index (χ0v) is 19.0. The Morgan fingerprint density at radius 3 is 2.20 bits per heavy atom. The molecule has 2 saturated carbocycles. The number of carboxylic acids is 1. The van der Waals surface area contributed by atoms with Gasteiger partial charge in [0.1, 0.15) is 6.04 Å². The van der Waals surface area contributed by atoms with Crippen LogP contribution in [0.3, 0.4) is 0 Å². The van der Waals surface area contributed by atoms with Gasteiger partial charge in [-0.1, -0.05) is 70.7 Å². The van der Waals surface area contributed by atoms with Crippen LogP contribution < -0.4 is 5.32 Å². The van der Waals surface area contributed by atoms with Crippen LogP contribution in [0, 0.1) is 10.8 Å². The Morgan fingerprint density at radius 2 is 1.67 bits per heavy atom. The van der Waals surface area contributed by atoms with Gasteiger partial charge in [-0.3, -0.25) is 4.79 Å². The van der Waals surface area contributed by atoms with E-state index in [9.17, 15) is 14.7 Å². The van der Waals surface area contributed by atoms with E-state index >= 15 is 0 Å². The van der Waals surface area contributed by atoms with Gasteiger partial charge in [-0.05, 0) is 61.0 Å². The third-order valence-electron chi connectivity index (χ3n) is 7.25. The lowest BCUT2D eigenvalue weighted by atomic mass is 9.75. The molecule has 1 aromatic rings. The Balaban J connectivity index is 1.65. The number of benzene rings is 1. The fourth-order valence-corrected chi connectivity index (χ4v) is 5.19. The van der Waals surface area contributed by atoms with Crippen molar-refractivity contribution >= 4 is 11.9 Å². The predicted octanol–water partition coefficient (Wildman–Crippen LogP) is 5.84. The first kappa shape index (κ1) is 22.8. The highest BCUT2D eigenvalue weighted by molar-refractivity contribution is 5.87. The lowest BCUT2D eigenvalue weighted by Crippen LogP contribution is -2.49. The van der Waals surface area contributed by atoms with Gasteiger partial charge in [-0.2, -0.15) is 0 Å². The molecule has 2 N–H and O–H groups in total. The maximum atomic E-state index is 13.2. The molecule has 0 saturated heterocycles. The molecule has 0 heterocycles. The van der Waals surface area contributed by atoms with Crippen molar-refractivity contribution in [2.24, 2.45) is 10.8 Å². The summed E-state index contributed by atoms with van der Waals surface area (Å²) in [5.74, 6) is -0.356. The summed E-state index contributed by atoms with van der Waals surface area (Å²) in [4.78, 5) is 25.2. The molecule has 30 heavy (non-hydrogen) atoms. The van der Waals surface area contributed by atoms with Crippen molar-refractivity contribution in [3.05, 3.63) is 35.4 Å². The van der Waals surface area contributed by atoms with E-state index in [0.29, 0.717) is 12.3 Å². The van der Waals surface area contributed by atoms with E-state index in [-0.39, 0.29) is 11.3 Å². The zero-order valence-electron chi connectivity index (χ0n) is 19.0. The maximum absolute atomic E-state index is 13.2. The summed E-state index contributed by atoms with van der Waals surface area (Å²) in [6.07, 6.45) is 11.1. The number of rotatable bonds is 8. The first-order chi connectivity index (χ1) is 14.2. The number of carbonyl (C=O) groups is 2. The van der Waals surface area contributed by atoms with Crippen LogP contribution in [0.25, 0.3) is 0 Å². The van der Waals surface area contributed by atoms with Crippen LogP contribution in [0.2, 0.25) is 0 Å². The van der Waals surface area contributed by atoms with Gasteiger partial charge in [0.2, 0.25) is 5.91 Å². The van der Waals surface area contributed by atoms with Gasteiger partial charge in [0.25, 0.3) is 0 Å². The van der Waals surface area contributed by atoms with Crippen LogP contribution in [0.4, 0.5) is 0 Å². The van der Waals surface area contributed by atoms with Gasteiger partial charge < -0.3 is 10.4 Å². The molecule has 0 spiro atoms. The number of hydrogen-bond donors (Lipinski definition) is 2. The first-order valence-corrected chi connectivity index (χ1v) is 11.8. The lowest BCUT2D eigenvalue weighted by molar-refractivity contribution is -0.144. The van der Waals surface area contributed by atoms with Gasteiger partial charge in [0.05, 0.1) is 0 Å². The Hall–Kier alpha value is -1.84. The summed E-state index contributed by atoms with van der Waals surface area (Å²) in [6, 6.07) is 7.50. The number of carboxylic acid groups (broad SMARTS) is 1. The normalized spacial score (nSPS) is 20.2. The summed E-state index contributed by atoms with van der Waals surface area (Å²) in [7, 11) is 0. The topological polar surface area (TPSA) is 66.4 Å². The van der Waals surface area contributed by atoms with Crippen LogP contribution in [0.5, 0.6) is 0 Å². The van der Waals surface area contributed by atoms with Gasteiger partial charge in [-0.15, -0.1) is 0 Å². The molecule has 1 aromatic carbocycles. The molecule has 0 bridgehead atoms. The third-order valence-corrected chi connectivity index (χ3v) is 7.25. The molecule has 4 nitrogen and oxygen atoms in total. The lowest BCUT2D eigenvalue weighted by Gasteiger charge is -2.32. The summed E-state index contributed by atoms with van der Waals surface area (Å²) < 4.78 is 0. The molecule has 0 unspecified atom stereocenters. The van der Waals surface area contributed by atoms with E-state index in [2.05, 4.69) is 38.2 Å². The van der Waals surface area contributed by atoms with Crippen LogP contribution >= 0.6 is 0 Å². The third kappa shape index (κ3) is 5.86. The summed E-state index contributed by atoms with van der Waals surface area (Å²) >= 11 is 0. The van der Waals surface area contributed by atoms with E-state index in [0.717, 1.165) is 44.1 Å². The molecule has 0 aromatic heterocycles. The smallest absolute Gasteiger partial charge is 0.326 e. The van der Waals surface area contributed by atoms with Crippen molar-refractivity contribution in [2.45, 2.75) is 103 Å². The van der Waals surface area contributed by atoms with Crippen LogP contribution in [0.1, 0.15) is 102 Å². The fourth-order valence-electron chi connectivity index (χ4n) is 5.19.